The normalized spacial score (nSPS) is 14.4. The Kier molecular flexibility index (Phi) is 2.90. The summed E-state index contributed by atoms with van der Waals surface area (Å²) in [5.74, 6) is -0.185. The fourth-order valence-corrected chi connectivity index (χ4v) is 1.71. The molecule has 1 amide bonds. The van der Waals surface area contributed by atoms with Crippen LogP contribution in [0, 0.1) is 4.78 Å². The fourth-order valence-electron chi connectivity index (χ4n) is 1.02. The lowest BCUT2D eigenvalue weighted by Gasteiger charge is -2.05. The second-order valence-electron chi connectivity index (χ2n) is 3.05. The van der Waals surface area contributed by atoms with Gasteiger partial charge in [-0.2, -0.15) is 0 Å². The zero-order chi connectivity index (χ0) is 10.8. The van der Waals surface area contributed by atoms with E-state index in [0.717, 1.165) is 0 Å². The molecular formula is C9H12N2O2S. The minimum absolute atomic E-state index is 0.185. The molecule has 76 valence electrons. The zero-order valence-electron chi connectivity index (χ0n) is 8.03. The van der Waals surface area contributed by atoms with Crippen LogP contribution in [0.3, 0.4) is 0 Å². The van der Waals surface area contributed by atoms with E-state index in [1.165, 1.54) is 13.2 Å². The molecule has 0 aliphatic heterocycles. The number of nitrogens with one attached hydrogen (secondary N) is 2. The van der Waals surface area contributed by atoms with Gasteiger partial charge >= 0.3 is 0 Å². The van der Waals surface area contributed by atoms with Crippen molar-refractivity contribution in [1.82, 2.24) is 0 Å². The summed E-state index contributed by atoms with van der Waals surface area (Å²) >= 11 is 0. The molecule has 1 unspecified atom stereocenters. The van der Waals surface area contributed by atoms with E-state index in [2.05, 4.69) is 5.32 Å². The number of anilines is 1. The molecule has 0 radical (unpaired) electrons. The molecule has 0 bridgehead atoms. The first-order chi connectivity index (χ1) is 6.39. The third kappa shape index (κ3) is 2.85. The first-order valence-electron chi connectivity index (χ1n) is 4.01. The summed E-state index contributed by atoms with van der Waals surface area (Å²) < 4.78 is 18.7. The molecule has 0 spiro atoms. The van der Waals surface area contributed by atoms with Gasteiger partial charge in [-0.1, -0.05) is 6.07 Å². The van der Waals surface area contributed by atoms with Gasteiger partial charge in [0.25, 0.3) is 0 Å². The van der Waals surface area contributed by atoms with E-state index in [0.29, 0.717) is 10.6 Å². The Morgan fingerprint density at radius 3 is 2.64 bits per heavy atom. The molecule has 2 N–H and O–H groups in total. The predicted molar refractivity (Wildman–Crippen MR) is 55.8 cm³/mol. The number of carbonyl (C=O) groups excluding carboxylic acids is 1. The Balaban J connectivity index is 3.08. The van der Waals surface area contributed by atoms with Crippen LogP contribution in [0.25, 0.3) is 0 Å². The largest absolute Gasteiger partial charge is 0.326 e. The molecule has 0 aromatic heterocycles. The minimum atomic E-state index is -2.71. The Bertz CT molecular complexity index is 452. The molecule has 5 heteroatoms. The maximum Gasteiger partial charge on any atom is 0.221 e. The molecule has 0 heterocycles. The molecule has 14 heavy (non-hydrogen) atoms. The average Bonchev–Trinajstić information content (AvgIpc) is 2.01. The second kappa shape index (κ2) is 3.79. The predicted octanol–water partition coefficient (Wildman–Crippen LogP) is 1.68. The van der Waals surface area contributed by atoms with Crippen molar-refractivity contribution in [2.45, 2.75) is 11.8 Å². The number of carbonyl (C=O) groups is 1. The molecule has 0 saturated carbocycles. The molecule has 0 saturated heterocycles. The van der Waals surface area contributed by atoms with Crippen LogP contribution >= 0.6 is 0 Å². The molecule has 1 aromatic rings. The van der Waals surface area contributed by atoms with Crippen molar-refractivity contribution < 1.29 is 9.00 Å². The summed E-state index contributed by atoms with van der Waals surface area (Å²) in [6, 6.07) is 6.52. The number of amides is 1. The van der Waals surface area contributed by atoms with E-state index in [1.54, 1.807) is 24.3 Å². The molecule has 0 aliphatic rings. The number of hydrogen-bond acceptors (Lipinski definition) is 3. The number of benzene rings is 1. The van der Waals surface area contributed by atoms with Crippen molar-refractivity contribution in [1.29, 1.82) is 4.78 Å². The van der Waals surface area contributed by atoms with Gasteiger partial charge in [0.1, 0.15) is 0 Å². The molecule has 0 fully saturated rings. The van der Waals surface area contributed by atoms with Gasteiger partial charge in [-0.25, -0.2) is 8.99 Å². The van der Waals surface area contributed by atoms with Gasteiger partial charge in [0.05, 0.1) is 9.73 Å². The van der Waals surface area contributed by atoms with Gasteiger partial charge in [-0.3, -0.25) is 4.79 Å². The summed E-state index contributed by atoms with van der Waals surface area (Å²) in [6.07, 6.45) is 1.35. The Hall–Kier alpha value is -1.36. The van der Waals surface area contributed by atoms with Crippen molar-refractivity contribution in [2.75, 3.05) is 11.6 Å². The van der Waals surface area contributed by atoms with Gasteiger partial charge in [0, 0.05) is 23.8 Å². The standard InChI is InChI=1S/C9H12N2O2S/c1-7(12)11-8-4-3-5-9(6-8)14(2,10)13/h3-6,10H,1-2H3,(H,11,12). The Morgan fingerprint density at radius 1 is 1.50 bits per heavy atom. The summed E-state index contributed by atoms with van der Waals surface area (Å²) in [4.78, 5) is 11.2. The third-order valence-electron chi connectivity index (χ3n) is 1.60. The van der Waals surface area contributed by atoms with Gasteiger partial charge in [0.15, 0.2) is 0 Å². The van der Waals surface area contributed by atoms with Gasteiger partial charge in [0.2, 0.25) is 5.91 Å². The van der Waals surface area contributed by atoms with Crippen LogP contribution in [0.2, 0.25) is 0 Å². The molecule has 1 rings (SSSR count). The van der Waals surface area contributed by atoms with E-state index in [4.69, 9.17) is 4.78 Å². The lowest BCUT2D eigenvalue weighted by molar-refractivity contribution is -0.114. The molecule has 1 atom stereocenters. The lowest BCUT2D eigenvalue weighted by atomic mass is 10.3. The van der Waals surface area contributed by atoms with Crippen LogP contribution in [0.4, 0.5) is 5.69 Å². The monoisotopic (exact) mass is 212 g/mol. The lowest BCUT2D eigenvalue weighted by Crippen LogP contribution is -2.06. The zero-order valence-corrected chi connectivity index (χ0v) is 8.85. The topological polar surface area (TPSA) is 70.0 Å². The van der Waals surface area contributed by atoms with Crippen molar-refractivity contribution in [3.05, 3.63) is 24.3 Å². The Morgan fingerprint density at radius 2 is 2.14 bits per heavy atom. The second-order valence-corrected chi connectivity index (χ2v) is 5.21. The highest BCUT2D eigenvalue weighted by molar-refractivity contribution is 7.91. The van der Waals surface area contributed by atoms with E-state index in [9.17, 15) is 9.00 Å². The first kappa shape index (κ1) is 10.7. The van der Waals surface area contributed by atoms with E-state index < -0.39 is 9.73 Å². The molecular weight excluding hydrogens is 200 g/mol. The van der Waals surface area contributed by atoms with E-state index in [-0.39, 0.29) is 5.91 Å². The summed E-state index contributed by atoms with van der Waals surface area (Å²) in [5, 5.41) is 2.57. The SMILES string of the molecule is CC(=O)Nc1cccc(S(C)(=N)=O)c1. The van der Waals surface area contributed by atoms with Crippen LogP contribution in [-0.4, -0.2) is 16.4 Å². The summed E-state index contributed by atoms with van der Waals surface area (Å²) in [6.45, 7) is 1.40. The number of hydrogen-bond donors (Lipinski definition) is 2. The van der Waals surface area contributed by atoms with E-state index in [1.807, 2.05) is 0 Å². The van der Waals surface area contributed by atoms with Crippen molar-refractivity contribution in [3.8, 4) is 0 Å². The highest BCUT2D eigenvalue weighted by Crippen LogP contribution is 2.15. The van der Waals surface area contributed by atoms with Crippen molar-refractivity contribution in [2.24, 2.45) is 0 Å². The summed E-state index contributed by atoms with van der Waals surface area (Å²) in [5.41, 5.74) is 0.567. The van der Waals surface area contributed by atoms with Crippen LogP contribution in [0.5, 0.6) is 0 Å². The van der Waals surface area contributed by atoms with Crippen molar-refractivity contribution in [3.63, 3.8) is 0 Å². The quantitative estimate of drug-likeness (QED) is 0.783. The molecule has 4 nitrogen and oxygen atoms in total. The van der Waals surface area contributed by atoms with Crippen LogP contribution in [-0.2, 0) is 14.5 Å². The summed E-state index contributed by atoms with van der Waals surface area (Å²) in [7, 11) is -2.71. The first-order valence-corrected chi connectivity index (χ1v) is 5.97. The highest BCUT2D eigenvalue weighted by Gasteiger charge is 2.04. The Labute approximate surface area is 83.3 Å². The fraction of sp³-hybridized carbons (Fsp3) is 0.222. The highest BCUT2D eigenvalue weighted by atomic mass is 32.2. The van der Waals surface area contributed by atoms with Crippen LogP contribution in [0.15, 0.2) is 29.2 Å². The minimum Gasteiger partial charge on any atom is -0.326 e. The third-order valence-corrected chi connectivity index (χ3v) is 2.76. The maximum absolute atomic E-state index is 11.4. The molecule has 1 aromatic carbocycles. The number of rotatable bonds is 2. The average molecular weight is 212 g/mol. The van der Waals surface area contributed by atoms with E-state index >= 15 is 0 Å². The smallest absolute Gasteiger partial charge is 0.221 e. The van der Waals surface area contributed by atoms with Crippen LogP contribution in [0.1, 0.15) is 6.92 Å². The van der Waals surface area contributed by atoms with Gasteiger partial charge in [-0.15, -0.1) is 0 Å². The van der Waals surface area contributed by atoms with Gasteiger partial charge in [-0.05, 0) is 18.2 Å². The van der Waals surface area contributed by atoms with Crippen LogP contribution < -0.4 is 5.32 Å². The molecule has 0 aliphatic carbocycles. The van der Waals surface area contributed by atoms with Crippen molar-refractivity contribution >= 4 is 21.3 Å². The maximum atomic E-state index is 11.4. The van der Waals surface area contributed by atoms with Gasteiger partial charge < -0.3 is 5.32 Å².